The van der Waals surface area contributed by atoms with E-state index in [1.807, 2.05) is 55.4 Å². The average molecular weight is 442 g/mol. The standard InChI is InChI=1S/C25H27N7O/c1-16-11-17(2)28-25(27-16)31-14-19-12-30(13-20(19)15-31)24(33)22-21-5-3-4-10-32(21)29-23(22)18-6-8-26-9-7-18/h3-11,19-22H,12-15H2,1-2H3/t19-,20+,21?,22?. The molecule has 8 heteroatoms. The number of amides is 1. The Morgan fingerprint density at radius 3 is 2.36 bits per heavy atom. The molecule has 0 N–H and O–H groups in total. The van der Waals surface area contributed by atoms with Crippen molar-refractivity contribution in [2.24, 2.45) is 22.9 Å². The Kier molecular flexibility index (Phi) is 4.74. The number of nitrogens with zero attached hydrogens (tertiary/aromatic N) is 7. The minimum absolute atomic E-state index is 0.0775. The number of aromatic nitrogens is 3. The third-order valence-electron chi connectivity index (χ3n) is 7.12. The van der Waals surface area contributed by atoms with E-state index in [2.05, 4.69) is 30.8 Å². The molecule has 2 unspecified atom stereocenters. The van der Waals surface area contributed by atoms with Crippen molar-refractivity contribution in [3.05, 3.63) is 72.0 Å². The molecule has 0 radical (unpaired) electrons. The fraction of sp³-hybridized carbons (Fsp3) is 0.400. The first-order valence-electron chi connectivity index (χ1n) is 11.5. The Morgan fingerprint density at radius 1 is 0.970 bits per heavy atom. The molecule has 4 aliphatic rings. The van der Waals surface area contributed by atoms with Crippen LogP contribution in [0.4, 0.5) is 5.95 Å². The summed E-state index contributed by atoms with van der Waals surface area (Å²) in [5, 5.41) is 6.72. The Balaban J connectivity index is 1.20. The van der Waals surface area contributed by atoms with Crippen molar-refractivity contribution in [1.82, 2.24) is 24.9 Å². The lowest BCUT2D eigenvalue weighted by Gasteiger charge is -2.28. The van der Waals surface area contributed by atoms with Crippen LogP contribution in [0.15, 0.2) is 60.1 Å². The average Bonchev–Trinajstić information content (AvgIpc) is 3.50. The predicted octanol–water partition coefficient (Wildman–Crippen LogP) is 2.17. The Bertz CT molecular complexity index is 1140. The van der Waals surface area contributed by atoms with E-state index in [0.29, 0.717) is 11.8 Å². The number of allylic oxidation sites excluding steroid dienone is 2. The van der Waals surface area contributed by atoms with Gasteiger partial charge in [-0.15, -0.1) is 0 Å². The van der Waals surface area contributed by atoms with E-state index in [0.717, 1.165) is 54.8 Å². The molecule has 0 saturated carbocycles. The quantitative estimate of drug-likeness (QED) is 0.727. The van der Waals surface area contributed by atoms with Gasteiger partial charge in [-0.25, -0.2) is 9.97 Å². The molecule has 0 aliphatic carbocycles. The van der Waals surface area contributed by atoms with Crippen LogP contribution in [-0.2, 0) is 4.79 Å². The molecule has 0 aromatic carbocycles. The molecule has 4 aliphatic heterocycles. The summed E-state index contributed by atoms with van der Waals surface area (Å²) >= 11 is 0. The zero-order valence-electron chi connectivity index (χ0n) is 18.9. The number of rotatable bonds is 3. The smallest absolute Gasteiger partial charge is 0.234 e. The summed E-state index contributed by atoms with van der Waals surface area (Å²) in [6.45, 7) is 7.36. The maximum absolute atomic E-state index is 13.9. The van der Waals surface area contributed by atoms with Gasteiger partial charge in [-0.3, -0.25) is 14.8 Å². The Morgan fingerprint density at radius 2 is 1.67 bits per heavy atom. The zero-order valence-corrected chi connectivity index (χ0v) is 18.9. The minimum atomic E-state index is -0.314. The van der Waals surface area contributed by atoms with Crippen LogP contribution in [0.25, 0.3) is 0 Å². The van der Waals surface area contributed by atoms with E-state index in [9.17, 15) is 4.79 Å². The van der Waals surface area contributed by atoms with Crippen molar-refractivity contribution in [3.8, 4) is 0 Å². The summed E-state index contributed by atoms with van der Waals surface area (Å²) in [6, 6.07) is 5.80. The molecule has 6 heterocycles. The Labute approximate surface area is 193 Å². The van der Waals surface area contributed by atoms with Gasteiger partial charge in [0.1, 0.15) is 5.92 Å². The van der Waals surface area contributed by atoms with Crippen LogP contribution in [0.1, 0.15) is 17.0 Å². The van der Waals surface area contributed by atoms with Crippen molar-refractivity contribution >= 4 is 17.6 Å². The lowest BCUT2D eigenvalue weighted by molar-refractivity contribution is -0.133. The van der Waals surface area contributed by atoms with Crippen LogP contribution >= 0.6 is 0 Å². The number of hydrazone groups is 1. The number of hydrogen-bond donors (Lipinski definition) is 0. The third kappa shape index (κ3) is 3.50. The maximum atomic E-state index is 13.9. The van der Waals surface area contributed by atoms with Gasteiger partial charge in [0.05, 0.1) is 11.8 Å². The molecule has 2 aromatic rings. The highest BCUT2D eigenvalue weighted by Crippen LogP contribution is 2.36. The number of carbonyl (C=O) groups excluding carboxylic acids is 1. The molecule has 168 valence electrons. The lowest BCUT2D eigenvalue weighted by Crippen LogP contribution is -2.45. The number of hydrogen-bond acceptors (Lipinski definition) is 7. The molecular formula is C25H27N7O. The molecule has 6 rings (SSSR count). The molecule has 8 nitrogen and oxygen atoms in total. The van der Waals surface area contributed by atoms with Gasteiger partial charge in [0, 0.05) is 73.6 Å². The number of pyridine rings is 1. The van der Waals surface area contributed by atoms with Crippen molar-refractivity contribution in [1.29, 1.82) is 0 Å². The van der Waals surface area contributed by atoms with Gasteiger partial charge >= 0.3 is 0 Å². The van der Waals surface area contributed by atoms with E-state index in [1.54, 1.807) is 12.4 Å². The fourth-order valence-corrected chi connectivity index (χ4v) is 5.62. The summed E-state index contributed by atoms with van der Waals surface area (Å²) in [6.07, 6.45) is 11.5. The monoisotopic (exact) mass is 441 g/mol. The van der Waals surface area contributed by atoms with E-state index in [1.165, 1.54) is 0 Å². The van der Waals surface area contributed by atoms with Gasteiger partial charge in [-0.1, -0.05) is 12.2 Å². The van der Waals surface area contributed by atoms with Crippen molar-refractivity contribution in [2.75, 3.05) is 31.1 Å². The van der Waals surface area contributed by atoms with E-state index < -0.39 is 0 Å². The molecular weight excluding hydrogens is 414 g/mol. The normalized spacial score (nSPS) is 27.7. The third-order valence-corrected chi connectivity index (χ3v) is 7.12. The van der Waals surface area contributed by atoms with Crippen LogP contribution in [0, 0.1) is 31.6 Å². The fourth-order valence-electron chi connectivity index (χ4n) is 5.62. The van der Waals surface area contributed by atoms with Crippen LogP contribution in [0.2, 0.25) is 0 Å². The molecule has 4 atom stereocenters. The highest BCUT2D eigenvalue weighted by atomic mass is 16.2. The molecule has 2 aromatic heterocycles. The number of fused-ring (bicyclic) bond motifs is 2. The maximum Gasteiger partial charge on any atom is 0.234 e. The van der Waals surface area contributed by atoms with Gasteiger partial charge in [0.15, 0.2) is 0 Å². The van der Waals surface area contributed by atoms with Gasteiger partial charge in [-0.05, 0) is 38.1 Å². The summed E-state index contributed by atoms with van der Waals surface area (Å²) in [5.41, 5.74) is 3.77. The summed E-state index contributed by atoms with van der Waals surface area (Å²) in [4.78, 5) is 31.6. The highest BCUT2D eigenvalue weighted by molar-refractivity contribution is 6.14. The van der Waals surface area contributed by atoms with Gasteiger partial charge < -0.3 is 9.80 Å². The van der Waals surface area contributed by atoms with Crippen molar-refractivity contribution in [3.63, 3.8) is 0 Å². The number of likely N-dealkylation sites (tertiary alicyclic amines) is 1. The first kappa shape index (κ1) is 20.1. The second kappa shape index (κ2) is 7.79. The molecule has 33 heavy (non-hydrogen) atoms. The van der Waals surface area contributed by atoms with Crippen LogP contribution in [0.5, 0.6) is 0 Å². The van der Waals surface area contributed by atoms with Crippen LogP contribution in [-0.4, -0.2) is 68.7 Å². The summed E-state index contributed by atoms with van der Waals surface area (Å²) in [7, 11) is 0. The second-order valence-electron chi connectivity index (χ2n) is 9.41. The van der Waals surface area contributed by atoms with Crippen molar-refractivity contribution in [2.45, 2.75) is 19.9 Å². The topological polar surface area (TPSA) is 77.8 Å². The van der Waals surface area contributed by atoms with Crippen molar-refractivity contribution < 1.29 is 4.79 Å². The predicted molar refractivity (Wildman–Crippen MR) is 125 cm³/mol. The van der Waals surface area contributed by atoms with E-state index >= 15 is 0 Å². The SMILES string of the molecule is Cc1cc(C)nc(N2C[C@H]3CN(C(=O)C4C(c5ccncc5)=NN5C=CC=CC45)C[C@H]3C2)n1. The first-order valence-corrected chi connectivity index (χ1v) is 11.5. The number of aryl methyl sites for hydroxylation is 2. The van der Waals surface area contributed by atoms with Gasteiger partial charge in [-0.2, -0.15) is 5.10 Å². The van der Waals surface area contributed by atoms with Gasteiger partial charge in [0.25, 0.3) is 0 Å². The zero-order chi connectivity index (χ0) is 22.5. The largest absolute Gasteiger partial charge is 0.341 e. The van der Waals surface area contributed by atoms with Gasteiger partial charge in [0.2, 0.25) is 11.9 Å². The molecule has 0 spiro atoms. The number of carbonyl (C=O) groups is 1. The summed E-state index contributed by atoms with van der Waals surface area (Å²) in [5.74, 6) is 1.56. The molecule has 2 saturated heterocycles. The number of anilines is 1. The minimum Gasteiger partial charge on any atom is -0.341 e. The Hall–Kier alpha value is -3.55. The van der Waals surface area contributed by atoms with Crippen LogP contribution in [0.3, 0.4) is 0 Å². The van der Waals surface area contributed by atoms with E-state index in [-0.39, 0.29) is 17.9 Å². The van der Waals surface area contributed by atoms with E-state index in [4.69, 9.17) is 5.10 Å². The second-order valence-corrected chi connectivity index (χ2v) is 9.41. The highest BCUT2D eigenvalue weighted by Gasteiger charge is 2.48. The molecule has 2 fully saturated rings. The molecule has 0 bridgehead atoms. The first-order chi connectivity index (χ1) is 16.1. The molecule has 1 amide bonds. The van der Waals surface area contributed by atoms with Crippen LogP contribution < -0.4 is 4.90 Å². The summed E-state index contributed by atoms with van der Waals surface area (Å²) < 4.78 is 0. The lowest BCUT2D eigenvalue weighted by atomic mass is 9.89.